The molecule has 1 heterocycles. The molecule has 0 saturated heterocycles. The summed E-state index contributed by atoms with van der Waals surface area (Å²) in [6.45, 7) is -0.101. The van der Waals surface area contributed by atoms with Crippen LogP contribution in [0.5, 0.6) is 0 Å². The monoisotopic (exact) mass is 452 g/mol. The van der Waals surface area contributed by atoms with Crippen molar-refractivity contribution < 1.29 is 26.9 Å². The zero-order chi connectivity index (χ0) is 22.1. The molecule has 0 spiro atoms. The molecule has 30 heavy (non-hydrogen) atoms. The van der Waals surface area contributed by atoms with E-state index in [0.29, 0.717) is 10.9 Å². The molecule has 11 heteroatoms. The van der Waals surface area contributed by atoms with Crippen molar-refractivity contribution in [1.29, 1.82) is 0 Å². The molecule has 0 radical (unpaired) electrons. The van der Waals surface area contributed by atoms with Crippen LogP contribution in [0.15, 0.2) is 58.8 Å². The summed E-state index contributed by atoms with van der Waals surface area (Å²) in [7, 11) is -3.87. The molecule has 0 aliphatic carbocycles. The van der Waals surface area contributed by atoms with E-state index in [2.05, 4.69) is 0 Å². The van der Waals surface area contributed by atoms with Crippen LogP contribution in [0.2, 0.25) is 0 Å². The van der Waals surface area contributed by atoms with Gasteiger partial charge in [0.2, 0.25) is 0 Å². The molecule has 1 aromatic heterocycles. The van der Waals surface area contributed by atoms with E-state index >= 15 is 0 Å². The normalized spacial score (nSPS) is 11.3. The quantitative estimate of drug-likeness (QED) is 0.413. The van der Waals surface area contributed by atoms with Crippen LogP contribution in [-0.2, 0) is 16.4 Å². The van der Waals surface area contributed by atoms with E-state index in [9.17, 15) is 32.1 Å². The Bertz CT molecular complexity index is 1230. The number of rotatable bonds is 6. The number of nitro groups is 1. The molecule has 3 rings (SSSR count). The predicted molar refractivity (Wildman–Crippen MR) is 107 cm³/mol. The summed E-state index contributed by atoms with van der Waals surface area (Å²) in [5.41, 5.74) is -1.16. The number of halogens is 2. The number of nitro benzene ring substituents is 1. The molecule has 0 aliphatic heterocycles. The first-order valence-corrected chi connectivity index (χ1v) is 11.1. The number of non-ortho nitro benzene ring substituents is 1. The molecule has 0 saturated carbocycles. The van der Waals surface area contributed by atoms with E-state index in [4.69, 9.17) is 0 Å². The average Bonchev–Trinajstić information content (AvgIpc) is 3.18. The third kappa shape index (κ3) is 4.69. The first-order valence-electron chi connectivity index (χ1n) is 8.35. The molecule has 0 unspecified atom stereocenters. The second-order valence-electron chi connectivity index (χ2n) is 6.31. The minimum Gasteiger partial charge on any atom is -0.300 e. The molecular formula is C19H14F2N2O5S2. The highest BCUT2D eigenvalue weighted by molar-refractivity contribution is 7.90. The minimum atomic E-state index is -3.87. The van der Waals surface area contributed by atoms with Crippen molar-refractivity contribution in [3.63, 3.8) is 0 Å². The highest BCUT2D eigenvalue weighted by atomic mass is 32.2. The first-order chi connectivity index (χ1) is 14.1. The molecule has 3 aromatic rings. The largest absolute Gasteiger partial charge is 0.300 e. The molecular weight excluding hydrogens is 438 g/mol. The topological polar surface area (TPSA) is 97.6 Å². The Morgan fingerprint density at radius 1 is 1.17 bits per heavy atom. The number of hydrogen-bond donors (Lipinski definition) is 0. The molecule has 0 aliphatic rings. The van der Waals surface area contributed by atoms with Gasteiger partial charge in [-0.15, -0.1) is 11.3 Å². The summed E-state index contributed by atoms with van der Waals surface area (Å²) in [4.78, 5) is 24.8. The molecule has 0 N–H and O–H groups in total. The smallest absolute Gasteiger partial charge is 0.271 e. The summed E-state index contributed by atoms with van der Waals surface area (Å²) in [5.74, 6) is -2.72. The average molecular weight is 452 g/mol. The van der Waals surface area contributed by atoms with E-state index < -0.39 is 42.9 Å². The maximum atomic E-state index is 14.4. The number of carbonyl (C=O) groups is 1. The maximum Gasteiger partial charge on any atom is 0.271 e. The van der Waals surface area contributed by atoms with Crippen molar-refractivity contribution in [3.05, 3.63) is 86.1 Å². The van der Waals surface area contributed by atoms with Gasteiger partial charge in [0.15, 0.2) is 9.84 Å². The van der Waals surface area contributed by atoms with Crippen molar-refractivity contribution in [2.24, 2.45) is 0 Å². The number of amides is 1. The maximum absolute atomic E-state index is 14.4. The fourth-order valence-corrected chi connectivity index (χ4v) is 4.08. The summed E-state index contributed by atoms with van der Waals surface area (Å²) in [6.07, 6.45) is 0.851. The summed E-state index contributed by atoms with van der Waals surface area (Å²) in [6, 6.07) is 8.83. The van der Waals surface area contributed by atoms with Gasteiger partial charge in [-0.3, -0.25) is 14.9 Å². The minimum absolute atomic E-state index is 0.101. The highest BCUT2D eigenvalue weighted by Gasteiger charge is 2.26. The molecule has 2 aromatic carbocycles. The zero-order valence-electron chi connectivity index (χ0n) is 15.4. The number of hydrogen-bond acceptors (Lipinski definition) is 6. The van der Waals surface area contributed by atoms with Crippen LogP contribution in [0.4, 0.5) is 20.2 Å². The van der Waals surface area contributed by atoms with E-state index in [1.54, 1.807) is 17.5 Å². The summed E-state index contributed by atoms with van der Waals surface area (Å²) >= 11 is 1.29. The SMILES string of the molecule is CS(=O)(=O)c1cc(C(=O)N(Cc2cccs2)c2ccc(F)cc2F)cc([N+](=O)[O-])c1. The van der Waals surface area contributed by atoms with Gasteiger partial charge in [0.05, 0.1) is 22.1 Å². The van der Waals surface area contributed by atoms with Gasteiger partial charge in [-0.05, 0) is 29.6 Å². The van der Waals surface area contributed by atoms with Crippen LogP contribution in [0.3, 0.4) is 0 Å². The fourth-order valence-electron chi connectivity index (χ4n) is 2.71. The lowest BCUT2D eigenvalue weighted by Gasteiger charge is -2.23. The highest BCUT2D eigenvalue weighted by Crippen LogP contribution is 2.28. The molecule has 0 bridgehead atoms. The lowest BCUT2D eigenvalue weighted by molar-refractivity contribution is -0.385. The first kappa shape index (κ1) is 21.5. The van der Waals surface area contributed by atoms with Gasteiger partial charge >= 0.3 is 0 Å². The van der Waals surface area contributed by atoms with Crippen LogP contribution in [-0.4, -0.2) is 25.5 Å². The van der Waals surface area contributed by atoms with Crippen molar-refractivity contribution in [3.8, 4) is 0 Å². The zero-order valence-corrected chi connectivity index (χ0v) is 17.0. The van der Waals surface area contributed by atoms with Gasteiger partial charge in [-0.1, -0.05) is 6.07 Å². The van der Waals surface area contributed by atoms with Crippen LogP contribution < -0.4 is 4.90 Å². The van der Waals surface area contributed by atoms with E-state index in [0.717, 1.165) is 41.5 Å². The third-order valence-electron chi connectivity index (χ3n) is 4.12. The van der Waals surface area contributed by atoms with Crippen molar-refractivity contribution in [2.75, 3.05) is 11.2 Å². The Balaban J connectivity index is 2.15. The van der Waals surface area contributed by atoms with Crippen LogP contribution in [0, 0.1) is 21.7 Å². The van der Waals surface area contributed by atoms with Gasteiger partial charge < -0.3 is 4.90 Å². The Hall–Kier alpha value is -3.18. The van der Waals surface area contributed by atoms with Crippen LogP contribution in [0.25, 0.3) is 0 Å². The molecule has 1 amide bonds. The molecule has 0 atom stereocenters. The number of carbonyl (C=O) groups excluding carboxylic acids is 1. The number of thiophene rings is 1. The predicted octanol–water partition coefficient (Wildman–Crippen LogP) is 4.19. The van der Waals surface area contributed by atoms with E-state index in [-0.39, 0.29) is 17.8 Å². The second kappa shape index (κ2) is 8.28. The van der Waals surface area contributed by atoms with Crippen molar-refractivity contribution in [1.82, 2.24) is 0 Å². The van der Waals surface area contributed by atoms with Crippen molar-refractivity contribution >= 4 is 38.5 Å². The van der Waals surface area contributed by atoms with Crippen LogP contribution in [0.1, 0.15) is 15.2 Å². The Labute approximate surface area is 174 Å². The third-order valence-corrected chi connectivity index (χ3v) is 6.07. The van der Waals surface area contributed by atoms with Gasteiger partial charge in [0, 0.05) is 34.9 Å². The Morgan fingerprint density at radius 3 is 2.47 bits per heavy atom. The van der Waals surface area contributed by atoms with Crippen LogP contribution >= 0.6 is 11.3 Å². The number of nitrogens with zero attached hydrogens (tertiary/aromatic N) is 2. The van der Waals surface area contributed by atoms with E-state index in [1.807, 2.05) is 0 Å². The number of benzene rings is 2. The lowest BCUT2D eigenvalue weighted by Crippen LogP contribution is -2.31. The van der Waals surface area contributed by atoms with Gasteiger partial charge in [-0.2, -0.15) is 0 Å². The Morgan fingerprint density at radius 2 is 1.90 bits per heavy atom. The Kier molecular flexibility index (Phi) is 5.94. The van der Waals surface area contributed by atoms with E-state index in [1.165, 1.54) is 11.3 Å². The molecule has 156 valence electrons. The standard InChI is InChI=1S/C19H14F2N2O5S2/c1-30(27,28)16-8-12(7-14(10-16)23(25)26)19(24)22(11-15-3-2-6-29-15)18-5-4-13(20)9-17(18)21/h2-10H,11H2,1H3. The molecule has 0 fully saturated rings. The lowest BCUT2D eigenvalue weighted by atomic mass is 10.1. The second-order valence-corrected chi connectivity index (χ2v) is 9.36. The van der Waals surface area contributed by atoms with Gasteiger partial charge in [0.1, 0.15) is 11.6 Å². The number of anilines is 1. The number of sulfone groups is 1. The van der Waals surface area contributed by atoms with Crippen molar-refractivity contribution in [2.45, 2.75) is 11.4 Å². The summed E-state index contributed by atoms with van der Waals surface area (Å²) in [5, 5.41) is 13.0. The van der Waals surface area contributed by atoms with Gasteiger partial charge in [0.25, 0.3) is 11.6 Å². The molecule has 7 nitrogen and oxygen atoms in total. The van der Waals surface area contributed by atoms with Gasteiger partial charge in [-0.25, -0.2) is 17.2 Å². The fraction of sp³-hybridized carbons (Fsp3) is 0.105. The summed E-state index contributed by atoms with van der Waals surface area (Å²) < 4.78 is 51.6.